The van der Waals surface area contributed by atoms with Gasteiger partial charge in [-0.2, -0.15) is 0 Å². The molecule has 0 radical (unpaired) electrons. The van der Waals surface area contributed by atoms with Crippen LogP contribution in [0.1, 0.15) is 53.4 Å². The van der Waals surface area contributed by atoms with Gasteiger partial charge in [-0.25, -0.2) is 0 Å². The molecule has 3 rings (SSSR count). The summed E-state index contributed by atoms with van der Waals surface area (Å²) in [6.07, 6.45) is 5.75. The molecule has 0 spiro atoms. The van der Waals surface area contributed by atoms with Gasteiger partial charge in [-0.3, -0.25) is 14.4 Å². The lowest BCUT2D eigenvalue weighted by atomic mass is 9.48. The van der Waals surface area contributed by atoms with Crippen molar-refractivity contribution < 1.29 is 19.5 Å². The van der Waals surface area contributed by atoms with E-state index >= 15 is 0 Å². The maximum absolute atomic E-state index is 12.9. The van der Waals surface area contributed by atoms with E-state index in [1.807, 2.05) is 27.7 Å². The van der Waals surface area contributed by atoms with Gasteiger partial charge in [0.15, 0.2) is 5.78 Å². The van der Waals surface area contributed by atoms with Crippen LogP contribution in [0, 0.1) is 22.7 Å². The van der Waals surface area contributed by atoms with Crippen molar-refractivity contribution in [1.29, 1.82) is 0 Å². The van der Waals surface area contributed by atoms with Crippen LogP contribution in [0.2, 0.25) is 0 Å². The minimum Gasteiger partial charge on any atom is -0.384 e. The van der Waals surface area contributed by atoms with Gasteiger partial charge in [-0.1, -0.05) is 26.8 Å². The molecule has 24 heavy (non-hydrogen) atoms. The monoisotopic (exact) mass is 330 g/mol. The SMILES string of the molecule is CC(C)C1=CC(=O)[C@]2(C)CC[C@@]3(C)C(=O)CC(C=O)=CC[C@@H]3[C@]12O. The van der Waals surface area contributed by atoms with Crippen molar-refractivity contribution in [2.24, 2.45) is 22.7 Å². The Labute approximate surface area is 143 Å². The Bertz CT molecular complexity index is 686. The number of Topliss-reactive ketones (excluding diaryl/α,β-unsaturated/α-hetero) is 1. The minimum atomic E-state index is -1.32. The molecule has 0 aromatic rings. The third-order valence-electron chi connectivity index (χ3n) is 6.92. The molecule has 0 saturated heterocycles. The first-order chi connectivity index (χ1) is 11.1. The predicted molar refractivity (Wildman–Crippen MR) is 90.2 cm³/mol. The van der Waals surface area contributed by atoms with Crippen LogP contribution in [0.25, 0.3) is 0 Å². The van der Waals surface area contributed by atoms with E-state index in [1.54, 1.807) is 12.2 Å². The molecule has 0 heterocycles. The molecule has 0 unspecified atom stereocenters. The number of allylic oxidation sites excluding steroid dienone is 3. The van der Waals surface area contributed by atoms with Gasteiger partial charge >= 0.3 is 0 Å². The predicted octanol–water partition coefficient (Wildman–Crippen LogP) is 2.79. The molecule has 130 valence electrons. The number of rotatable bonds is 2. The number of hydrogen-bond acceptors (Lipinski definition) is 4. The lowest BCUT2D eigenvalue weighted by molar-refractivity contribution is -0.176. The van der Waals surface area contributed by atoms with Crippen molar-refractivity contribution in [3.8, 4) is 0 Å². The van der Waals surface area contributed by atoms with Gasteiger partial charge in [0.05, 0.1) is 5.41 Å². The van der Waals surface area contributed by atoms with Crippen molar-refractivity contribution in [3.63, 3.8) is 0 Å². The van der Waals surface area contributed by atoms with E-state index in [0.29, 0.717) is 24.8 Å². The summed E-state index contributed by atoms with van der Waals surface area (Å²) in [5, 5.41) is 11.9. The molecule has 1 N–H and O–H groups in total. The van der Waals surface area contributed by atoms with Crippen molar-refractivity contribution in [2.45, 2.75) is 59.0 Å². The van der Waals surface area contributed by atoms with E-state index in [2.05, 4.69) is 0 Å². The molecule has 0 aliphatic heterocycles. The molecule has 4 heteroatoms. The number of carbonyl (C=O) groups excluding carboxylic acids is 3. The molecule has 3 aliphatic carbocycles. The van der Waals surface area contributed by atoms with E-state index in [-0.39, 0.29) is 29.8 Å². The van der Waals surface area contributed by atoms with Crippen molar-refractivity contribution in [2.75, 3.05) is 0 Å². The fraction of sp³-hybridized carbons (Fsp3) is 0.650. The van der Waals surface area contributed by atoms with Crippen molar-refractivity contribution in [3.05, 3.63) is 23.3 Å². The number of hydrogen-bond donors (Lipinski definition) is 1. The van der Waals surface area contributed by atoms with Crippen LogP contribution in [-0.4, -0.2) is 28.6 Å². The maximum Gasteiger partial charge on any atom is 0.164 e. The van der Waals surface area contributed by atoms with Crippen LogP contribution in [0.3, 0.4) is 0 Å². The standard InChI is InChI=1S/C20H26O4/c1-12(2)14-10-17(23)19(4)8-7-18(3)15(20(14,19)24)6-5-13(11-21)9-16(18)22/h5,10-12,15,24H,6-9H2,1-4H3/t15-,18+,19-,20+/m0/s1. The highest BCUT2D eigenvalue weighted by atomic mass is 16.3. The van der Waals surface area contributed by atoms with Crippen molar-refractivity contribution in [1.82, 2.24) is 0 Å². The molecule has 0 aromatic heterocycles. The molecule has 0 amide bonds. The van der Waals surface area contributed by atoms with E-state index in [9.17, 15) is 19.5 Å². The number of aliphatic hydroxyl groups is 1. The molecule has 0 bridgehead atoms. The van der Waals surface area contributed by atoms with Crippen LogP contribution < -0.4 is 0 Å². The molecule has 4 atom stereocenters. The molecular weight excluding hydrogens is 304 g/mol. The molecule has 4 nitrogen and oxygen atoms in total. The second kappa shape index (κ2) is 5.22. The Balaban J connectivity index is 2.20. The average Bonchev–Trinajstić information content (AvgIpc) is 2.65. The Morgan fingerprint density at radius 1 is 1.25 bits per heavy atom. The third kappa shape index (κ3) is 1.92. The van der Waals surface area contributed by atoms with Gasteiger partial charge in [-0.05, 0) is 49.3 Å². The quantitative estimate of drug-likeness (QED) is 0.790. The summed E-state index contributed by atoms with van der Waals surface area (Å²) in [4.78, 5) is 36.9. The largest absolute Gasteiger partial charge is 0.384 e. The Hall–Kier alpha value is -1.55. The van der Waals surface area contributed by atoms with Gasteiger partial charge < -0.3 is 5.11 Å². The van der Waals surface area contributed by atoms with Gasteiger partial charge in [0.2, 0.25) is 0 Å². The van der Waals surface area contributed by atoms with Gasteiger partial charge in [0, 0.05) is 17.8 Å². The van der Waals surface area contributed by atoms with Gasteiger partial charge in [0.25, 0.3) is 0 Å². The highest BCUT2D eigenvalue weighted by Gasteiger charge is 2.68. The highest BCUT2D eigenvalue weighted by Crippen LogP contribution is 2.64. The molecule has 1 saturated carbocycles. The average molecular weight is 330 g/mol. The molecule has 1 fully saturated rings. The van der Waals surface area contributed by atoms with E-state index in [0.717, 1.165) is 11.9 Å². The van der Waals surface area contributed by atoms with Crippen LogP contribution >= 0.6 is 0 Å². The number of fused-ring (bicyclic) bond motifs is 3. The van der Waals surface area contributed by atoms with Crippen LogP contribution in [0.4, 0.5) is 0 Å². The summed E-state index contributed by atoms with van der Waals surface area (Å²) in [5.74, 6) is -0.391. The summed E-state index contributed by atoms with van der Waals surface area (Å²) in [5.41, 5.74) is -1.69. The Kier molecular flexibility index (Phi) is 3.76. The van der Waals surface area contributed by atoms with E-state index in [1.165, 1.54) is 0 Å². The van der Waals surface area contributed by atoms with Gasteiger partial charge in [0.1, 0.15) is 17.7 Å². The zero-order chi connectivity index (χ0) is 17.9. The highest BCUT2D eigenvalue weighted by molar-refractivity contribution is 6.01. The molecule has 0 aromatic carbocycles. The zero-order valence-corrected chi connectivity index (χ0v) is 14.9. The summed E-state index contributed by atoms with van der Waals surface area (Å²) in [7, 11) is 0. The summed E-state index contributed by atoms with van der Waals surface area (Å²) in [6, 6.07) is 0. The van der Waals surface area contributed by atoms with E-state index < -0.39 is 16.4 Å². The number of carbonyl (C=O) groups is 3. The first-order valence-electron chi connectivity index (χ1n) is 8.77. The Morgan fingerprint density at radius 3 is 2.50 bits per heavy atom. The first kappa shape index (κ1) is 17.3. The third-order valence-corrected chi connectivity index (χ3v) is 6.92. The topological polar surface area (TPSA) is 71.4 Å². The minimum absolute atomic E-state index is 0.00119. The van der Waals surface area contributed by atoms with Crippen molar-refractivity contribution >= 4 is 17.9 Å². The fourth-order valence-corrected chi connectivity index (χ4v) is 5.15. The van der Waals surface area contributed by atoms with E-state index in [4.69, 9.17) is 0 Å². The number of aldehydes is 1. The second-order valence-corrected chi connectivity index (χ2v) is 8.42. The summed E-state index contributed by atoms with van der Waals surface area (Å²) >= 11 is 0. The van der Waals surface area contributed by atoms with Gasteiger partial charge in [-0.15, -0.1) is 0 Å². The Morgan fingerprint density at radius 2 is 1.92 bits per heavy atom. The maximum atomic E-state index is 12.9. The van der Waals surface area contributed by atoms with Crippen LogP contribution in [0.15, 0.2) is 23.3 Å². The normalized spacial score (nSPS) is 42.2. The zero-order valence-electron chi connectivity index (χ0n) is 14.9. The number of ketones is 2. The smallest absolute Gasteiger partial charge is 0.164 e. The van der Waals surface area contributed by atoms with Crippen LogP contribution in [-0.2, 0) is 14.4 Å². The first-order valence-corrected chi connectivity index (χ1v) is 8.77. The molecular formula is C20H26O4. The summed E-state index contributed by atoms with van der Waals surface area (Å²) in [6.45, 7) is 7.68. The lowest BCUT2D eigenvalue weighted by Crippen LogP contribution is -2.63. The summed E-state index contributed by atoms with van der Waals surface area (Å²) < 4.78 is 0. The molecule has 3 aliphatic rings. The lowest BCUT2D eigenvalue weighted by Gasteiger charge is -2.56. The fourth-order valence-electron chi connectivity index (χ4n) is 5.15. The van der Waals surface area contributed by atoms with Crippen LogP contribution in [0.5, 0.6) is 0 Å². The second-order valence-electron chi connectivity index (χ2n) is 8.42.